The summed E-state index contributed by atoms with van der Waals surface area (Å²) in [6.45, 7) is 6.32. The van der Waals surface area contributed by atoms with Crippen molar-refractivity contribution in [1.82, 2.24) is 19.9 Å². The number of likely N-dealkylation sites (tertiary alicyclic amines) is 1. The van der Waals surface area contributed by atoms with Crippen LogP contribution in [0.1, 0.15) is 35.5 Å². The topological polar surface area (TPSA) is 79.1 Å². The molecule has 4 rings (SSSR count). The van der Waals surface area contributed by atoms with Crippen LogP contribution < -0.4 is 4.74 Å². The first-order chi connectivity index (χ1) is 15.8. The number of amides is 2. The average Bonchev–Trinajstić information content (AvgIpc) is 3.24. The number of rotatable bonds is 6. The molecule has 0 radical (unpaired) electrons. The SMILES string of the molecule is Cc1cc(C(=O)N2CCC[C@](COc3cccc(Cl)c3)(CC(=O)N3CCN(C)CC3)C2)no1. The molecular weight excluding hydrogens is 444 g/mol. The molecule has 178 valence electrons. The first-order valence-electron chi connectivity index (χ1n) is 11.4. The van der Waals surface area contributed by atoms with Crippen molar-refractivity contribution in [1.29, 1.82) is 0 Å². The van der Waals surface area contributed by atoms with E-state index in [4.69, 9.17) is 20.9 Å². The number of piperidine rings is 1. The summed E-state index contributed by atoms with van der Waals surface area (Å²) in [7, 11) is 2.07. The molecule has 0 spiro atoms. The van der Waals surface area contributed by atoms with Crippen LogP contribution in [0.3, 0.4) is 0 Å². The van der Waals surface area contributed by atoms with Gasteiger partial charge in [0.1, 0.15) is 11.5 Å². The summed E-state index contributed by atoms with van der Waals surface area (Å²) in [5.74, 6) is 1.19. The van der Waals surface area contributed by atoms with Crippen molar-refractivity contribution in [3.05, 3.63) is 46.8 Å². The molecule has 9 heteroatoms. The molecule has 0 N–H and O–H groups in total. The number of benzene rings is 1. The molecule has 0 aliphatic carbocycles. The Morgan fingerprint density at radius 1 is 1.15 bits per heavy atom. The minimum absolute atomic E-state index is 0.115. The lowest BCUT2D eigenvalue weighted by molar-refractivity contribution is -0.137. The number of halogens is 1. The molecule has 2 saturated heterocycles. The summed E-state index contributed by atoms with van der Waals surface area (Å²) < 4.78 is 11.2. The zero-order valence-corrected chi connectivity index (χ0v) is 20.0. The summed E-state index contributed by atoms with van der Waals surface area (Å²) in [4.78, 5) is 32.3. The van der Waals surface area contributed by atoms with E-state index in [9.17, 15) is 9.59 Å². The number of hydrogen-bond donors (Lipinski definition) is 0. The van der Waals surface area contributed by atoms with Crippen molar-refractivity contribution in [3.63, 3.8) is 0 Å². The highest BCUT2D eigenvalue weighted by Gasteiger charge is 2.41. The van der Waals surface area contributed by atoms with Crippen LogP contribution in [0, 0.1) is 12.3 Å². The highest BCUT2D eigenvalue weighted by Crippen LogP contribution is 2.36. The van der Waals surface area contributed by atoms with Crippen molar-refractivity contribution in [2.45, 2.75) is 26.2 Å². The van der Waals surface area contributed by atoms with E-state index in [0.29, 0.717) is 48.3 Å². The Bertz CT molecular complexity index is 988. The lowest BCUT2D eigenvalue weighted by Crippen LogP contribution is -2.53. The average molecular weight is 475 g/mol. The summed E-state index contributed by atoms with van der Waals surface area (Å²) in [5.41, 5.74) is -0.195. The molecule has 0 unspecified atom stereocenters. The molecule has 3 heterocycles. The van der Waals surface area contributed by atoms with Crippen LogP contribution in [0.25, 0.3) is 0 Å². The molecule has 1 atom stereocenters. The molecule has 2 amide bonds. The number of aryl methyl sites for hydroxylation is 1. The van der Waals surface area contributed by atoms with E-state index in [-0.39, 0.29) is 11.8 Å². The van der Waals surface area contributed by atoms with Gasteiger partial charge < -0.3 is 24.0 Å². The number of nitrogens with zero attached hydrogens (tertiary/aromatic N) is 4. The summed E-state index contributed by atoms with van der Waals surface area (Å²) in [5, 5.41) is 4.49. The Balaban J connectivity index is 1.52. The molecule has 0 saturated carbocycles. The van der Waals surface area contributed by atoms with Gasteiger partial charge in [-0.05, 0) is 45.0 Å². The number of carbonyl (C=O) groups excluding carboxylic acids is 2. The molecule has 0 bridgehead atoms. The van der Waals surface area contributed by atoms with E-state index in [1.54, 1.807) is 30.0 Å². The first kappa shape index (κ1) is 23.6. The van der Waals surface area contributed by atoms with Gasteiger partial charge >= 0.3 is 0 Å². The highest BCUT2D eigenvalue weighted by atomic mass is 35.5. The first-order valence-corrected chi connectivity index (χ1v) is 11.8. The molecule has 1 aromatic carbocycles. The Kier molecular flexibility index (Phi) is 7.24. The van der Waals surface area contributed by atoms with Crippen molar-refractivity contribution < 1.29 is 18.8 Å². The second-order valence-electron chi connectivity index (χ2n) is 9.26. The molecule has 33 heavy (non-hydrogen) atoms. The van der Waals surface area contributed by atoms with E-state index in [1.807, 2.05) is 17.0 Å². The second kappa shape index (κ2) is 10.1. The number of aromatic nitrogens is 1. The van der Waals surface area contributed by atoms with Crippen LogP contribution in [0.15, 0.2) is 34.9 Å². The van der Waals surface area contributed by atoms with Gasteiger partial charge in [0.05, 0.1) is 6.61 Å². The summed E-state index contributed by atoms with van der Waals surface area (Å²) in [6, 6.07) is 8.90. The minimum Gasteiger partial charge on any atom is -0.493 e. The third-order valence-corrected chi connectivity index (χ3v) is 6.75. The van der Waals surface area contributed by atoms with E-state index in [2.05, 4.69) is 17.1 Å². The normalized spacial score (nSPS) is 21.8. The lowest BCUT2D eigenvalue weighted by Gasteiger charge is -2.43. The molecule has 2 aliphatic rings. The summed E-state index contributed by atoms with van der Waals surface area (Å²) in [6.07, 6.45) is 1.92. The van der Waals surface area contributed by atoms with Crippen molar-refractivity contribution >= 4 is 23.4 Å². The van der Waals surface area contributed by atoms with E-state index >= 15 is 0 Å². The van der Waals surface area contributed by atoms with E-state index < -0.39 is 5.41 Å². The third-order valence-electron chi connectivity index (χ3n) is 6.52. The second-order valence-corrected chi connectivity index (χ2v) is 9.70. The number of carbonyl (C=O) groups is 2. The Morgan fingerprint density at radius 2 is 1.94 bits per heavy atom. The molecule has 8 nitrogen and oxygen atoms in total. The predicted octanol–water partition coefficient (Wildman–Crippen LogP) is 3.10. The quantitative estimate of drug-likeness (QED) is 0.640. The predicted molar refractivity (Wildman–Crippen MR) is 124 cm³/mol. The zero-order valence-electron chi connectivity index (χ0n) is 19.3. The van der Waals surface area contributed by atoms with Gasteiger partial charge in [-0.3, -0.25) is 9.59 Å². The fraction of sp³-hybridized carbons (Fsp3) is 0.542. The lowest BCUT2D eigenvalue weighted by atomic mass is 9.77. The Labute approximate surface area is 199 Å². The monoisotopic (exact) mass is 474 g/mol. The standard InChI is InChI=1S/C24H31ClN4O4/c1-18-13-21(26-33-18)23(31)29-8-4-7-24(16-29,17-32-20-6-3-5-19(25)14-20)15-22(30)28-11-9-27(2)10-12-28/h3,5-6,13-14H,4,7-12,15-17H2,1-2H3/t24-/m0/s1. The van der Waals surface area contributed by atoms with Crippen LogP contribution in [-0.2, 0) is 4.79 Å². The van der Waals surface area contributed by atoms with Gasteiger partial charge in [0.2, 0.25) is 5.91 Å². The Hall–Kier alpha value is -2.58. The fourth-order valence-electron chi connectivity index (χ4n) is 4.61. The highest BCUT2D eigenvalue weighted by molar-refractivity contribution is 6.30. The molecule has 2 aromatic rings. The van der Waals surface area contributed by atoms with Gasteiger partial charge in [0, 0.05) is 62.2 Å². The molecule has 2 aliphatic heterocycles. The number of piperazine rings is 1. The number of ether oxygens (including phenoxy) is 1. The van der Waals surface area contributed by atoms with Crippen LogP contribution in [0.2, 0.25) is 5.02 Å². The maximum atomic E-state index is 13.3. The fourth-order valence-corrected chi connectivity index (χ4v) is 4.79. The van der Waals surface area contributed by atoms with E-state index in [0.717, 1.165) is 39.0 Å². The molecule has 1 aromatic heterocycles. The molecule has 2 fully saturated rings. The van der Waals surface area contributed by atoms with Gasteiger partial charge in [-0.2, -0.15) is 0 Å². The Morgan fingerprint density at radius 3 is 2.64 bits per heavy atom. The van der Waals surface area contributed by atoms with Gasteiger partial charge in [-0.1, -0.05) is 22.8 Å². The largest absolute Gasteiger partial charge is 0.493 e. The van der Waals surface area contributed by atoms with E-state index in [1.165, 1.54) is 0 Å². The van der Waals surface area contributed by atoms with Crippen LogP contribution >= 0.6 is 11.6 Å². The summed E-state index contributed by atoms with van der Waals surface area (Å²) >= 11 is 6.12. The van der Waals surface area contributed by atoms with Crippen molar-refractivity contribution in [2.75, 3.05) is 52.9 Å². The van der Waals surface area contributed by atoms with Crippen molar-refractivity contribution in [2.24, 2.45) is 5.41 Å². The number of likely N-dealkylation sites (N-methyl/N-ethyl adjacent to an activating group) is 1. The third kappa shape index (κ3) is 5.86. The van der Waals surface area contributed by atoms with Crippen molar-refractivity contribution in [3.8, 4) is 5.75 Å². The smallest absolute Gasteiger partial charge is 0.276 e. The zero-order chi connectivity index (χ0) is 23.4. The van der Waals surface area contributed by atoms with Crippen LogP contribution in [-0.4, -0.2) is 84.6 Å². The van der Waals surface area contributed by atoms with Crippen LogP contribution in [0.4, 0.5) is 0 Å². The van der Waals surface area contributed by atoms with Crippen LogP contribution in [0.5, 0.6) is 5.75 Å². The van der Waals surface area contributed by atoms with Gasteiger partial charge in [0.15, 0.2) is 5.69 Å². The number of hydrogen-bond acceptors (Lipinski definition) is 6. The maximum absolute atomic E-state index is 13.3. The molecular formula is C24H31ClN4O4. The van der Waals surface area contributed by atoms with Gasteiger partial charge in [0.25, 0.3) is 5.91 Å². The minimum atomic E-state index is -0.491. The van der Waals surface area contributed by atoms with Gasteiger partial charge in [-0.15, -0.1) is 0 Å². The van der Waals surface area contributed by atoms with Gasteiger partial charge in [-0.25, -0.2) is 0 Å². The maximum Gasteiger partial charge on any atom is 0.276 e.